The minimum atomic E-state index is -0.406. The highest BCUT2D eigenvalue weighted by molar-refractivity contribution is 5.70. The lowest BCUT2D eigenvalue weighted by Gasteiger charge is -2.21. The van der Waals surface area contributed by atoms with E-state index in [0.29, 0.717) is 17.7 Å². The quantitative estimate of drug-likeness (QED) is 0.885. The van der Waals surface area contributed by atoms with Crippen molar-refractivity contribution in [3.05, 3.63) is 29.3 Å². The molecule has 1 N–H and O–H groups in total. The van der Waals surface area contributed by atoms with Crippen LogP contribution in [0.1, 0.15) is 30.4 Å². The van der Waals surface area contributed by atoms with Gasteiger partial charge >= 0.3 is 6.09 Å². The molecule has 0 unspecified atom stereocenters. The van der Waals surface area contributed by atoms with Gasteiger partial charge in [-0.3, -0.25) is 4.90 Å². The highest BCUT2D eigenvalue weighted by Gasteiger charge is 2.40. The minimum Gasteiger partial charge on any atom is -0.410 e. The molecule has 0 spiro atoms. The van der Waals surface area contributed by atoms with Crippen molar-refractivity contribution in [1.82, 2.24) is 10.2 Å². The molecule has 2 atom stereocenters. The van der Waals surface area contributed by atoms with E-state index in [1.807, 2.05) is 6.07 Å². The van der Waals surface area contributed by atoms with Crippen LogP contribution >= 0.6 is 0 Å². The van der Waals surface area contributed by atoms with Crippen LogP contribution in [0, 0.1) is 0 Å². The zero-order valence-electron chi connectivity index (χ0n) is 11.5. The summed E-state index contributed by atoms with van der Waals surface area (Å²) in [7, 11) is 1.57. The number of amides is 1. The molecule has 1 heterocycles. The predicted molar refractivity (Wildman–Crippen MR) is 73.6 cm³/mol. The zero-order valence-corrected chi connectivity index (χ0v) is 11.5. The van der Waals surface area contributed by atoms with Gasteiger partial charge < -0.3 is 10.1 Å². The second-order valence-corrected chi connectivity index (χ2v) is 5.30. The highest BCUT2D eigenvalue weighted by Crippen LogP contribution is 2.43. The number of nitrogens with one attached hydrogen (secondary N) is 1. The molecule has 1 fully saturated rings. The molecule has 2 aliphatic rings. The highest BCUT2D eigenvalue weighted by atomic mass is 16.5. The number of carbonyl (C=O) groups is 1. The Balaban J connectivity index is 1.84. The van der Waals surface area contributed by atoms with Crippen LogP contribution in [0.3, 0.4) is 0 Å². The van der Waals surface area contributed by atoms with E-state index in [0.717, 1.165) is 13.0 Å². The summed E-state index contributed by atoms with van der Waals surface area (Å²) in [6.07, 6.45) is 1.94. The first-order chi connectivity index (χ1) is 9.22. The molecule has 102 valence electrons. The van der Waals surface area contributed by atoms with Gasteiger partial charge in [-0.25, -0.2) is 4.79 Å². The van der Waals surface area contributed by atoms with Crippen molar-refractivity contribution in [3.8, 4) is 5.75 Å². The zero-order chi connectivity index (χ0) is 13.4. The van der Waals surface area contributed by atoms with Crippen molar-refractivity contribution >= 4 is 6.09 Å². The fraction of sp³-hybridized carbons (Fsp3) is 0.533. The average molecular weight is 260 g/mol. The van der Waals surface area contributed by atoms with Gasteiger partial charge in [0, 0.05) is 19.0 Å². The number of benzene rings is 1. The molecule has 1 aliphatic heterocycles. The summed E-state index contributed by atoms with van der Waals surface area (Å²) >= 11 is 0. The van der Waals surface area contributed by atoms with Gasteiger partial charge in [-0.15, -0.1) is 0 Å². The third-order valence-corrected chi connectivity index (χ3v) is 4.43. The number of fused-ring (bicyclic) bond motifs is 3. The van der Waals surface area contributed by atoms with Gasteiger partial charge in [0.1, 0.15) is 5.75 Å². The number of likely N-dealkylation sites (N-methyl/N-ethyl adjacent to an activating group) is 1. The summed E-state index contributed by atoms with van der Waals surface area (Å²) in [4.78, 5) is 13.8. The van der Waals surface area contributed by atoms with Crippen molar-refractivity contribution in [2.24, 2.45) is 0 Å². The van der Waals surface area contributed by atoms with E-state index in [1.165, 1.54) is 24.1 Å². The molecule has 4 nitrogen and oxygen atoms in total. The smallest absolute Gasteiger partial charge is 0.410 e. The van der Waals surface area contributed by atoms with Gasteiger partial charge in [0.25, 0.3) is 0 Å². The molecule has 1 saturated heterocycles. The van der Waals surface area contributed by atoms with Crippen molar-refractivity contribution in [2.45, 2.75) is 31.7 Å². The maximum atomic E-state index is 11.3. The first-order valence-electron chi connectivity index (χ1n) is 6.99. The Morgan fingerprint density at radius 2 is 2.37 bits per heavy atom. The third-order valence-electron chi connectivity index (χ3n) is 4.43. The number of rotatable bonds is 2. The molecule has 1 amide bonds. The summed E-state index contributed by atoms with van der Waals surface area (Å²) in [5.41, 5.74) is 2.79. The van der Waals surface area contributed by atoms with Crippen molar-refractivity contribution in [2.75, 3.05) is 20.1 Å². The number of ether oxygens (including phenoxy) is 1. The number of nitrogens with zero attached hydrogens (tertiary/aromatic N) is 1. The van der Waals surface area contributed by atoms with Crippen LogP contribution in [0.5, 0.6) is 5.75 Å². The molecule has 3 rings (SSSR count). The van der Waals surface area contributed by atoms with Crippen LogP contribution in [0.25, 0.3) is 0 Å². The molecule has 0 aromatic heterocycles. The summed E-state index contributed by atoms with van der Waals surface area (Å²) < 4.78 is 5.23. The number of hydrogen-bond acceptors (Lipinski definition) is 3. The van der Waals surface area contributed by atoms with Crippen LogP contribution in [0.2, 0.25) is 0 Å². The van der Waals surface area contributed by atoms with E-state index in [2.05, 4.69) is 29.3 Å². The van der Waals surface area contributed by atoms with Crippen LogP contribution in [0.15, 0.2) is 18.2 Å². The second kappa shape index (κ2) is 4.85. The summed E-state index contributed by atoms with van der Waals surface area (Å²) in [6, 6.07) is 6.70. The lowest BCUT2D eigenvalue weighted by Crippen LogP contribution is -2.30. The molecular weight excluding hydrogens is 240 g/mol. The molecule has 0 radical (unpaired) electrons. The fourth-order valence-electron chi connectivity index (χ4n) is 3.50. The molecular formula is C15H20N2O2. The maximum Gasteiger partial charge on any atom is 0.412 e. The van der Waals surface area contributed by atoms with Gasteiger partial charge in [-0.05, 0) is 49.2 Å². The fourth-order valence-corrected chi connectivity index (χ4v) is 3.50. The predicted octanol–water partition coefficient (Wildman–Crippen LogP) is 2.14. The van der Waals surface area contributed by atoms with Crippen LogP contribution in [-0.2, 0) is 6.42 Å². The monoisotopic (exact) mass is 260 g/mol. The standard InChI is InChI=1S/C15H20N2O2/c1-3-17-7-6-12-13-9-11(19-15(18)16-2)5-4-10(13)8-14(12)17/h4-5,9,12,14H,3,6-8H2,1-2H3,(H,16,18)/t12-,14+/m0/s1. The van der Waals surface area contributed by atoms with Gasteiger partial charge in [-0.1, -0.05) is 13.0 Å². The molecule has 1 aliphatic carbocycles. The van der Waals surface area contributed by atoms with Crippen LogP contribution < -0.4 is 10.1 Å². The second-order valence-electron chi connectivity index (χ2n) is 5.30. The van der Waals surface area contributed by atoms with Gasteiger partial charge in [0.15, 0.2) is 0 Å². The Morgan fingerprint density at radius 3 is 3.11 bits per heavy atom. The van der Waals surface area contributed by atoms with Gasteiger partial charge in [0.05, 0.1) is 0 Å². The maximum absolute atomic E-state index is 11.3. The molecule has 0 bridgehead atoms. The first-order valence-corrected chi connectivity index (χ1v) is 6.99. The summed E-state index contributed by atoms with van der Waals surface area (Å²) in [5.74, 6) is 1.26. The van der Waals surface area contributed by atoms with Crippen LogP contribution in [-0.4, -0.2) is 37.2 Å². The number of hydrogen-bond donors (Lipinski definition) is 1. The van der Waals surface area contributed by atoms with E-state index < -0.39 is 6.09 Å². The summed E-state index contributed by atoms with van der Waals surface area (Å²) in [5, 5.41) is 2.47. The van der Waals surface area contributed by atoms with E-state index in [-0.39, 0.29) is 0 Å². The topological polar surface area (TPSA) is 41.6 Å². The lowest BCUT2D eigenvalue weighted by molar-refractivity contribution is 0.203. The Bertz CT molecular complexity index is 501. The Labute approximate surface area is 113 Å². The van der Waals surface area contributed by atoms with Crippen molar-refractivity contribution in [3.63, 3.8) is 0 Å². The largest absolute Gasteiger partial charge is 0.412 e. The Hall–Kier alpha value is -1.55. The molecule has 4 heteroatoms. The van der Waals surface area contributed by atoms with E-state index in [4.69, 9.17) is 4.74 Å². The number of likely N-dealkylation sites (tertiary alicyclic amines) is 1. The van der Waals surface area contributed by atoms with Crippen molar-refractivity contribution in [1.29, 1.82) is 0 Å². The molecule has 19 heavy (non-hydrogen) atoms. The normalized spacial score (nSPS) is 24.9. The van der Waals surface area contributed by atoms with E-state index in [9.17, 15) is 4.79 Å². The van der Waals surface area contributed by atoms with E-state index >= 15 is 0 Å². The summed E-state index contributed by atoms with van der Waals surface area (Å²) in [6.45, 7) is 4.54. The molecule has 0 saturated carbocycles. The van der Waals surface area contributed by atoms with Gasteiger partial charge in [-0.2, -0.15) is 0 Å². The Kier molecular flexibility index (Phi) is 3.19. The first kappa shape index (κ1) is 12.5. The van der Waals surface area contributed by atoms with Crippen LogP contribution in [0.4, 0.5) is 4.79 Å². The lowest BCUT2D eigenvalue weighted by atomic mass is 9.98. The SMILES string of the molecule is CCN1CC[C@H]2c3cc(OC(=O)NC)ccc3C[C@H]21. The van der Waals surface area contributed by atoms with Gasteiger partial charge in [0.2, 0.25) is 0 Å². The molecule has 1 aromatic carbocycles. The number of carbonyl (C=O) groups excluding carboxylic acids is 1. The third kappa shape index (κ3) is 2.10. The average Bonchev–Trinajstić information content (AvgIpc) is 2.97. The molecule has 1 aromatic rings. The van der Waals surface area contributed by atoms with Crippen molar-refractivity contribution < 1.29 is 9.53 Å². The Morgan fingerprint density at radius 1 is 1.53 bits per heavy atom. The minimum absolute atomic E-state index is 0.406. The van der Waals surface area contributed by atoms with E-state index in [1.54, 1.807) is 7.05 Å².